The molecular weight excluding hydrogens is 249 g/mol. The highest BCUT2D eigenvalue weighted by atomic mass is 19.4. The Hall–Kier alpha value is -1.28. The van der Waals surface area contributed by atoms with E-state index in [2.05, 4.69) is 10.3 Å². The van der Waals surface area contributed by atoms with E-state index in [1.54, 1.807) is 22.7 Å². The molecule has 0 aromatic carbocycles. The Morgan fingerprint density at radius 3 is 2.56 bits per heavy atom. The normalized spacial score (nSPS) is 13.7. The molecule has 5 nitrogen and oxygen atoms in total. The molecule has 2 N–H and O–H groups in total. The first-order valence-electron chi connectivity index (χ1n) is 5.37. The van der Waals surface area contributed by atoms with E-state index in [-0.39, 0.29) is 6.54 Å². The summed E-state index contributed by atoms with van der Waals surface area (Å²) in [5.74, 6) is 0.711. The number of aliphatic hydroxyl groups is 1. The van der Waals surface area contributed by atoms with E-state index in [1.165, 1.54) is 0 Å². The van der Waals surface area contributed by atoms with E-state index >= 15 is 0 Å². The second-order valence-electron chi connectivity index (χ2n) is 4.19. The Kier molecular flexibility index (Phi) is 4.58. The summed E-state index contributed by atoms with van der Waals surface area (Å²) in [6.45, 7) is -0.323. The minimum atomic E-state index is -4.59. The Morgan fingerprint density at radius 2 is 2.11 bits per heavy atom. The number of halogens is 3. The summed E-state index contributed by atoms with van der Waals surface area (Å²) in [5.41, 5.74) is 0.744. The van der Waals surface area contributed by atoms with Crippen LogP contribution in [0.15, 0.2) is 6.20 Å². The molecule has 104 valence electrons. The van der Waals surface area contributed by atoms with Crippen molar-refractivity contribution < 1.29 is 18.3 Å². The molecule has 1 aromatic heterocycles. The predicted molar refractivity (Wildman–Crippen MR) is 61.3 cm³/mol. The van der Waals surface area contributed by atoms with Gasteiger partial charge in [0.15, 0.2) is 6.10 Å². The number of anilines is 1. The second kappa shape index (κ2) is 5.57. The van der Waals surface area contributed by atoms with Gasteiger partial charge < -0.3 is 19.9 Å². The van der Waals surface area contributed by atoms with E-state index in [0.717, 1.165) is 5.69 Å². The third-order valence-corrected chi connectivity index (χ3v) is 2.48. The van der Waals surface area contributed by atoms with E-state index in [9.17, 15) is 13.2 Å². The van der Waals surface area contributed by atoms with Crippen molar-refractivity contribution in [2.45, 2.75) is 18.8 Å². The van der Waals surface area contributed by atoms with Gasteiger partial charge in [-0.15, -0.1) is 0 Å². The number of alkyl halides is 3. The van der Waals surface area contributed by atoms with E-state index in [0.29, 0.717) is 5.95 Å². The van der Waals surface area contributed by atoms with Crippen molar-refractivity contribution >= 4 is 5.95 Å². The molecule has 0 amide bonds. The topological polar surface area (TPSA) is 53.3 Å². The molecule has 0 bridgehead atoms. The van der Waals surface area contributed by atoms with E-state index < -0.39 is 18.8 Å². The van der Waals surface area contributed by atoms with Gasteiger partial charge in [-0.25, -0.2) is 4.98 Å². The average molecular weight is 266 g/mol. The van der Waals surface area contributed by atoms with Crippen molar-refractivity contribution in [3.63, 3.8) is 0 Å². The summed E-state index contributed by atoms with van der Waals surface area (Å²) < 4.78 is 37.9. The quantitative estimate of drug-likeness (QED) is 0.815. The van der Waals surface area contributed by atoms with Gasteiger partial charge in [-0.1, -0.05) is 0 Å². The van der Waals surface area contributed by atoms with E-state index in [1.807, 2.05) is 14.1 Å². The van der Waals surface area contributed by atoms with Gasteiger partial charge in [-0.05, 0) is 0 Å². The Balaban J connectivity index is 2.50. The first kappa shape index (κ1) is 14.8. The average Bonchev–Trinajstić information content (AvgIpc) is 2.59. The Morgan fingerprint density at radius 1 is 1.50 bits per heavy atom. The Bertz CT molecular complexity index is 389. The van der Waals surface area contributed by atoms with Gasteiger partial charge in [0.25, 0.3) is 0 Å². The van der Waals surface area contributed by atoms with Crippen molar-refractivity contribution in [1.82, 2.24) is 14.9 Å². The molecule has 0 spiro atoms. The van der Waals surface area contributed by atoms with Crippen molar-refractivity contribution in [2.75, 3.05) is 25.5 Å². The molecule has 1 aromatic rings. The van der Waals surface area contributed by atoms with E-state index in [4.69, 9.17) is 5.11 Å². The zero-order valence-corrected chi connectivity index (χ0v) is 10.5. The summed E-state index contributed by atoms with van der Waals surface area (Å²) in [6, 6.07) is 0. The number of nitrogens with one attached hydrogen (secondary N) is 1. The highest BCUT2D eigenvalue weighted by Gasteiger charge is 2.37. The van der Waals surface area contributed by atoms with Gasteiger partial charge in [0.1, 0.15) is 0 Å². The molecule has 0 aliphatic carbocycles. The summed E-state index contributed by atoms with van der Waals surface area (Å²) in [6.07, 6.45) is -5.35. The van der Waals surface area contributed by atoms with Crippen molar-refractivity contribution in [2.24, 2.45) is 7.05 Å². The fraction of sp³-hybridized carbons (Fsp3) is 0.700. The van der Waals surface area contributed by atoms with Crippen molar-refractivity contribution in [3.8, 4) is 0 Å². The number of nitrogens with zero attached hydrogens (tertiary/aromatic N) is 3. The number of hydrogen-bond acceptors (Lipinski definition) is 4. The number of hydrogen-bond donors (Lipinski definition) is 2. The van der Waals surface area contributed by atoms with Crippen LogP contribution in [0.3, 0.4) is 0 Å². The molecule has 1 heterocycles. The first-order valence-corrected chi connectivity index (χ1v) is 5.37. The zero-order chi connectivity index (χ0) is 13.9. The van der Waals surface area contributed by atoms with Gasteiger partial charge in [-0.2, -0.15) is 13.2 Å². The van der Waals surface area contributed by atoms with Crippen LogP contribution in [0.5, 0.6) is 0 Å². The lowest BCUT2D eigenvalue weighted by molar-refractivity contribution is -0.201. The van der Waals surface area contributed by atoms with Crippen LogP contribution in [0.4, 0.5) is 19.1 Å². The van der Waals surface area contributed by atoms with Crippen LogP contribution in [0, 0.1) is 0 Å². The van der Waals surface area contributed by atoms with Crippen LogP contribution in [0.25, 0.3) is 0 Å². The van der Waals surface area contributed by atoms with Crippen LogP contribution in [0.2, 0.25) is 0 Å². The summed E-state index contributed by atoms with van der Waals surface area (Å²) in [7, 11) is 5.43. The number of rotatable bonds is 5. The van der Waals surface area contributed by atoms with Crippen LogP contribution in [-0.4, -0.2) is 47.6 Å². The van der Waals surface area contributed by atoms with Crippen molar-refractivity contribution in [3.05, 3.63) is 11.9 Å². The molecule has 8 heteroatoms. The molecule has 0 fully saturated rings. The third-order valence-electron chi connectivity index (χ3n) is 2.48. The van der Waals surface area contributed by atoms with Gasteiger partial charge in [0.05, 0.1) is 11.9 Å². The van der Waals surface area contributed by atoms with Crippen molar-refractivity contribution in [1.29, 1.82) is 0 Å². The predicted octanol–water partition coefficient (Wildman–Crippen LogP) is 0.499. The number of aliphatic hydroxyl groups excluding tert-OH is 1. The number of imidazole rings is 1. The maximum atomic E-state index is 12.0. The zero-order valence-electron chi connectivity index (χ0n) is 10.5. The lowest BCUT2D eigenvalue weighted by atomic mass is 10.3. The molecule has 18 heavy (non-hydrogen) atoms. The lowest BCUT2D eigenvalue weighted by Crippen LogP contribution is -2.38. The molecule has 1 unspecified atom stereocenters. The largest absolute Gasteiger partial charge is 0.415 e. The summed E-state index contributed by atoms with van der Waals surface area (Å²) in [4.78, 5) is 5.93. The standard InChI is InChI=1S/C10H17F3N4O/c1-16(2)9-15-5-7(17(9)3)4-14-6-8(18)10(11,12)13/h5,8,14,18H,4,6H2,1-3H3. The number of aromatic nitrogens is 2. The van der Waals surface area contributed by atoms with Crippen LogP contribution in [0.1, 0.15) is 5.69 Å². The minimum Gasteiger partial charge on any atom is -0.382 e. The van der Waals surface area contributed by atoms with Crippen LogP contribution >= 0.6 is 0 Å². The van der Waals surface area contributed by atoms with Crippen LogP contribution in [-0.2, 0) is 13.6 Å². The molecule has 1 rings (SSSR count). The fourth-order valence-corrected chi connectivity index (χ4v) is 1.47. The third kappa shape index (κ3) is 3.61. The molecule has 0 aliphatic heterocycles. The second-order valence-corrected chi connectivity index (χ2v) is 4.19. The lowest BCUT2D eigenvalue weighted by Gasteiger charge is -2.16. The molecule has 1 atom stereocenters. The minimum absolute atomic E-state index is 0.213. The van der Waals surface area contributed by atoms with Gasteiger partial charge >= 0.3 is 6.18 Å². The Labute approximate surface area is 103 Å². The molecule has 0 saturated carbocycles. The van der Waals surface area contributed by atoms with Gasteiger partial charge in [-0.3, -0.25) is 0 Å². The smallest absolute Gasteiger partial charge is 0.382 e. The maximum Gasteiger partial charge on any atom is 0.415 e. The highest BCUT2D eigenvalue weighted by Crippen LogP contribution is 2.19. The van der Waals surface area contributed by atoms with Gasteiger partial charge in [0.2, 0.25) is 5.95 Å². The highest BCUT2D eigenvalue weighted by molar-refractivity contribution is 5.30. The maximum absolute atomic E-state index is 12.0. The monoisotopic (exact) mass is 266 g/mol. The molecule has 0 radical (unpaired) electrons. The SMILES string of the molecule is CN(C)c1ncc(CNCC(O)C(F)(F)F)n1C. The van der Waals surface area contributed by atoms with Gasteiger partial charge in [0, 0.05) is 34.2 Å². The summed E-state index contributed by atoms with van der Waals surface area (Å²) in [5, 5.41) is 11.4. The first-order chi connectivity index (χ1) is 8.23. The molecule has 0 saturated heterocycles. The fourth-order valence-electron chi connectivity index (χ4n) is 1.47. The molecule has 0 aliphatic rings. The summed E-state index contributed by atoms with van der Waals surface area (Å²) >= 11 is 0. The van der Waals surface area contributed by atoms with Crippen LogP contribution < -0.4 is 10.2 Å². The molecular formula is C10H17F3N4O.